The van der Waals surface area contributed by atoms with Gasteiger partial charge in [-0.3, -0.25) is 14.5 Å². The quantitative estimate of drug-likeness (QED) is 0.643. The van der Waals surface area contributed by atoms with Crippen LogP contribution in [-0.2, 0) is 11.3 Å². The number of benzene rings is 2. The van der Waals surface area contributed by atoms with Crippen LogP contribution in [0, 0.1) is 5.41 Å². The molecule has 0 atom stereocenters. The van der Waals surface area contributed by atoms with Crippen LogP contribution in [0.1, 0.15) is 20.8 Å². The van der Waals surface area contributed by atoms with Gasteiger partial charge in [-0.1, -0.05) is 45.0 Å². The Hall–Kier alpha value is -2.66. The Morgan fingerprint density at radius 3 is 1.86 bits per heavy atom. The van der Waals surface area contributed by atoms with E-state index in [9.17, 15) is 9.59 Å². The van der Waals surface area contributed by atoms with Crippen LogP contribution in [0.4, 0.5) is 0 Å². The van der Waals surface area contributed by atoms with Gasteiger partial charge in [0.15, 0.2) is 5.43 Å². The van der Waals surface area contributed by atoms with Crippen LogP contribution in [0.5, 0.6) is 0 Å². The highest BCUT2D eigenvalue weighted by Crippen LogP contribution is 2.20. The SMILES string of the molecule is CC(C)(C)C(=O)N1CCN(CCn2c3ccccc3c(=O)c3ccccc32)CC1. The average molecular weight is 392 g/mol. The highest BCUT2D eigenvalue weighted by Gasteiger charge is 2.29. The lowest BCUT2D eigenvalue weighted by molar-refractivity contribution is -0.141. The van der Waals surface area contributed by atoms with Crippen LogP contribution in [0.25, 0.3) is 21.8 Å². The summed E-state index contributed by atoms with van der Waals surface area (Å²) in [6, 6.07) is 15.7. The molecule has 152 valence electrons. The number of nitrogens with zero attached hydrogens (tertiary/aromatic N) is 3. The predicted molar refractivity (Wildman–Crippen MR) is 118 cm³/mol. The summed E-state index contributed by atoms with van der Waals surface area (Å²) in [7, 11) is 0. The molecule has 0 aliphatic carbocycles. The summed E-state index contributed by atoms with van der Waals surface area (Å²) in [6.07, 6.45) is 0. The maximum Gasteiger partial charge on any atom is 0.228 e. The van der Waals surface area contributed by atoms with Gasteiger partial charge in [-0.05, 0) is 24.3 Å². The minimum atomic E-state index is -0.323. The maximum atomic E-state index is 12.9. The second-order valence-corrected chi connectivity index (χ2v) is 8.90. The number of fused-ring (bicyclic) bond motifs is 2. The molecule has 4 rings (SSSR count). The van der Waals surface area contributed by atoms with Crippen molar-refractivity contribution in [1.82, 2.24) is 14.4 Å². The molecule has 1 amide bonds. The molecule has 1 aromatic heterocycles. The predicted octanol–water partition coefficient (Wildman–Crippen LogP) is 3.35. The number of para-hydroxylation sites is 2. The second-order valence-electron chi connectivity index (χ2n) is 8.90. The van der Waals surface area contributed by atoms with Gasteiger partial charge in [0.1, 0.15) is 0 Å². The van der Waals surface area contributed by atoms with Crippen molar-refractivity contribution in [2.75, 3.05) is 32.7 Å². The Labute approximate surface area is 171 Å². The van der Waals surface area contributed by atoms with E-state index >= 15 is 0 Å². The fourth-order valence-electron chi connectivity index (χ4n) is 4.21. The van der Waals surface area contributed by atoms with Crippen LogP contribution < -0.4 is 5.43 Å². The molecule has 5 heteroatoms. The lowest BCUT2D eigenvalue weighted by atomic mass is 9.94. The summed E-state index contributed by atoms with van der Waals surface area (Å²) in [5.74, 6) is 0.231. The van der Waals surface area contributed by atoms with E-state index in [-0.39, 0.29) is 16.8 Å². The molecule has 29 heavy (non-hydrogen) atoms. The molecule has 2 aromatic carbocycles. The molecule has 1 saturated heterocycles. The third-order valence-corrected chi connectivity index (χ3v) is 5.82. The molecule has 2 heterocycles. The van der Waals surface area contributed by atoms with Crippen LogP contribution in [0.3, 0.4) is 0 Å². The number of amides is 1. The molecule has 1 fully saturated rings. The zero-order valence-corrected chi connectivity index (χ0v) is 17.5. The monoisotopic (exact) mass is 391 g/mol. The molecule has 0 unspecified atom stereocenters. The van der Waals surface area contributed by atoms with E-state index in [4.69, 9.17) is 0 Å². The van der Waals surface area contributed by atoms with Crippen LogP contribution >= 0.6 is 0 Å². The molecule has 0 bridgehead atoms. The summed E-state index contributed by atoms with van der Waals surface area (Å²) >= 11 is 0. The largest absolute Gasteiger partial charge is 0.340 e. The Balaban J connectivity index is 1.54. The first-order chi connectivity index (χ1) is 13.9. The van der Waals surface area contributed by atoms with Crippen molar-refractivity contribution < 1.29 is 4.79 Å². The van der Waals surface area contributed by atoms with E-state index in [1.54, 1.807) is 0 Å². The van der Waals surface area contributed by atoms with E-state index < -0.39 is 0 Å². The minimum absolute atomic E-state index is 0.0988. The number of hydrogen-bond acceptors (Lipinski definition) is 3. The molecule has 3 aromatic rings. The molecule has 0 spiro atoms. The number of pyridine rings is 1. The van der Waals surface area contributed by atoms with E-state index in [1.165, 1.54) is 0 Å². The van der Waals surface area contributed by atoms with E-state index in [1.807, 2.05) is 74.2 Å². The second kappa shape index (κ2) is 7.64. The highest BCUT2D eigenvalue weighted by molar-refractivity contribution is 5.93. The summed E-state index contributed by atoms with van der Waals surface area (Å²) in [6.45, 7) is 11.0. The van der Waals surface area contributed by atoms with Crippen LogP contribution in [0.2, 0.25) is 0 Å². The first-order valence-electron chi connectivity index (χ1n) is 10.4. The van der Waals surface area contributed by atoms with Crippen molar-refractivity contribution in [3.8, 4) is 0 Å². The summed E-state index contributed by atoms with van der Waals surface area (Å²) in [5, 5.41) is 1.54. The normalized spacial score (nSPS) is 15.9. The number of aromatic nitrogens is 1. The van der Waals surface area contributed by atoms with Crippen molar-refractivity contribution >= 4 is 27.7 Å². The smallest absolute Gasteiger partial charge is 0.228 e. The lowest BCUT2D eigenvalue weighted by Crippen LogP contribution is -2.52. The minimum Gasteiger partial charge on any atom is -0.340 e. The number of hydrogen-bond donors (Lipinski definition) is 0. The summed E-state index contributed by atoms with van der Waals surface area (Å²) in [5.41, 5.74) is 1.74. The first kappa shape index (κ1) is 19.6. The van der Waals surface area contributed by atoms with Crippen LogP contribution in [-0.4, -0.2) is 53.0 Å². The van der Waals surface area contributed by atoms with Crippen molar-refractivity contribution in [1.29, 1.82) is 0 Å². The van der Waals surface area contributed by atoms with Gasteiger partial charge in [-0.25, -0.2) is 0 Å². The molecule has 1 aliphatic rings. The fourth-order valence-corrected chi connectivity index (χ4v) is 4.21. The lowest BCUT2D eigenvalue weighted by Gasteiger charge is -2.37. The van der Waals surface area contributed by atoms with E-state index in [0.29, 0.717) is 0 Å². The average Bonchev–Trinajstić information content (AvgIpc) is 2.73. The topological polar surface area (TPSA) is 45.6 Å². The summed E-state index contributed by atoms with van der Waals surface area (Å²) < 4.78 is 2.26. The molecular weight excluding hydrogens is 362 g/mol. The number of carbonyl (C=O) groups is 1. The van der Waals surface area contributed by atoms with Gasteiger partial charge in [0, 0.05) is 55.5 Å². The van der Waals surface area contributed by atoms with Gasteiger partial charge in [0.05, 0.1) is 11.0 Å². The molecule has 1 aliphatic heterocycles. The number of rotatable bonds is 3. The molecule has 5 nitrogen and oxygen atoms in total. The van der Waals surface area contributed by atoms with Crippen molar-refractivity contribution in [3.63, 3.8) is 0 Å². The molecule has 0 radical (unpaired) electrons. The Morgan fingerprint density at radius 2 is 1.34 bits per heavy atom. The Bertz CT molecular complexity index is 1040. The van der Waals surface area contributed by atoms with E-state index in [2.05, 4.69) is 9.47 Å². The zero-order valence-electron chi connectivity index (χ0n) is 17.5. The molecule has 0 N–H and O–H groups in total. The van der Waals surface area contributed by atoms with Crippen molar-refractivity contribution in [2.45, 2.75) is 27.3 Å². The number of carbonyl (C=O) groups excluding carboxylic acids is 1. The van der Waals surface area contributed by atoms with Gasteiger partial charge < -0.3 is 9.47 Å². The third-order valence-electron chi connectivity index (χ3n) is 5.82. The standard InChI is InChI=1S/C24H29N3O2/c1-24(2,3)23(29)26-15-12-25(13-16-26)14-17-27-20-10-6-4-8-18(20)22(28)19-9-5-7-11-21(19)27/h4-11H,12-17H2,1-3H3. The Kier molecular flexibility index (Phi) is 5.17. The van der Waals surface area contributed by atoms with Crippen LogP contribution in [0.15, 0.2) is 53.3 Å². The van der Waals surface area contributed by atoms with Crippen molar-refractivity contribution in [2.24, 2.45) is 5.41 Å². The summed E-state index contributed by atoms with van der Waals surface area (Å²) in [4.78, 5) is 29.8. The highest BCUT2D eigenvalue weighted by atomic mass is 16.2. The first-order valence-corrected chi connectivity index (χ1v) is 10.4. The fraction of sp³-hybridized carbons (Fsp3) is 0.417. The number of piperazine rings is 1. The zero-order chi connectivity index (χ0) is 20.6. The van der Waals surface area contributed by atoms with Gasteiger partial charge in [0.25, 0.3) is 0 Å². The van der Waals surface area contributed by atoms with Gasteiger partial charge in [0.2, 0.25) is 5.91 Å². The van der Waals surface area contributed by atoms with Gasteiger partial charge in [-0.15, -0.1) is 0 Å². The molecule has 0 saturated carbocycles. The van der Waals surface area contributed by atoms with Gasteiger partial charge in [-0.2, -0.15) is 0 Å². The van der Waals surface area contributed by atoms with E-state index in [0.717, 1.165) is 61.1 Å². The van der Waals surface area contributed by atoms with Crippen molar-refractivity contribution in [3.05, 3.63) is 58.8 Å². The third kappa shape index (κ3) is 3.79. The molecular formula is C24H29N3O2. The van der Waals surface area contributed by atoms with Gasteiger partial charge >= 0.3 is 0 Å². The Morgan fingerprint density at radius 1 is 0.828 bits per heavy atom. The maximum absolute atomic E-state index is 12.9.